The summed E-state index contributed by atoms with van der Waals surface area (Å²) in [6, 6.07) is 1.94. The van der Waals surface area contributed by atoms with E-state index in [9.17, 15) is 0 Å². The van der Waals surface area contributed by atoms with E-state index in [4.69, 9.17) is 5.26 Å². The van der Waals surface area contributed by atoms with Crippen LogP contribution in [0, 0.1) is 11.3 Å². The zero-order chi connectivity index (χ0) is 11.4. The van der Waals surface area contributed by atoms with Gasteiger partial charge in [0.25, 0.3) is 0 Å². The lowest BCUT2D eigenvalue weighted by atomic mass is 10.4. The van der Waals surface area contributed by atoms with Gasteiger partial charge in [-0.25, -0.2) is 15.0 Å². The number of anilines is 1. The molecule has 0 bridgehead atoms. The Bertz CT molecular complexity index is 373. The molecule has 1 aliphatic rings. The molecular weight excluding hydrogens is 204 g/mol. The summed E-state index contributed by atoms with van der Waals surface area (Å²) < 4.78 is 0. The van der Waals surface area contributed by atoms with E-state index in [0.29, 0.717) is 11.5 Å². The van der Waals surface area contributed by atoms with Crippen molar-refractivity contribution in [3.63, 3.8) is 0 Å². The van der Waals surface area contributed by atoms with Gasteiger partial charge in [-0.1, -0.05) is 0 Å². The number of hydrazine groups is 1. The molecule has 1 fully saturated rings. The molecule has 0 aromatic carbocycles. The first-order valence-electron chi connectivity index (χ1n) is 5.20. The highest BCUT2D eigenvalue weighted by Gasteiger charge is 2.13. The summed E-state index contributed by atoms with van der Waals surface area (Å²) in [7, 11) is 2.11. The van der Waals surface area contributed by atoms with Crippen molar-refractivity contribution in [1.29, 1.82) is 5.26 Å². The number of nitriles is 1. The van der Waals surface area contributed by atoms with E-state index < -0.39 is 0 Å². The summed E-state index contributed by atoms with van der Waals surface area (Å²) >= 11 is 0. The highest BCUT2D eigenvalue weighted by Crippen LogP contribution is 2.04. The predicted molar refractivity (Wildman–Crippen MR) is 59.4 cm³/mol. The number of hydrogen-bond donors (Lipinski definition) is 1. The minimum absolute atomic E-state index is 0.337. The number of piperazine rings is 1. The standard InChI is InChI=1S/C10H14N6/c1-15-2-4-16(5-3-15)14-10-8-12-9(6-11)7-13-10/h7-8H,2-5H2,1H3,(H,13,14). The molecule has 1 N–H and O–H groups in total. The number of nitrogens with one attached hydrogen (secondary N) is 1. The normalized spacial score (nSPS) is 18.0. The van der Waals surface area contributed by atoms with Crippen LogP contribution in [0.1, 0.15) is 5.69 Å². The molecule has 0 spiro atoms. The molecule has 0 unspecified atom stereocenters. The van der Waals surface area contributed by atoms with E-state index in [1.165, 1.54) is 6.20 Å². The molecule has 1 saturated heterocycles. The van der Waals surface area contributed by atoms with E-state index in [1.807, 2.05) is 6.07 Å². The van der Waals surface area contributed by atoms with Gasteiger partial charge in [0.1, 0.15) is 6.07 Å². The highest BCUT2D eigenvalue weighted by atomic mass is 15.5. The summed E-state index contributed by atoms with van der Waals surface area (Å²) in [6.45, 7) is 3.99. The largest absolute Gasteiger partial charge is 0.304 e. The summed E-state index contributed by atoms with van der Waals surface area (Å²) in [6.07, 6.45) is 3.05. The van der Waals surface area contributed by atoms with E-state index in [0.717, 1.165) is 26.2 Å². The van der Waals surface area contributed by atoms with Gasteiger partial charge in [-0.05, 0) is 7.05 Å². The Morgan fingerprint density at radius 3 is 2.56 bits per heavy atom. The van der Waals surface area contributed by atoms with E-state index in [1.54, 1.807) is 6.20 Å². The Kier molecular flexibility index (Phi) is 3.29. The third-order valence-electron chi connectivity index (χ3n) is 2.54. The van der Waals surface area contributed by atoms with Gasteiger partial charge in [0, 0.05) is 26.2 Å². The fraction of sp³-hybridized carbons (Fsp3) is 0.500. The van der Waals surface area contributed by atoms with Gasteiger partial charge in [-0.3, -0.25) is 0 Å². The summed E-state index contributed by atoms with van der Waals surface area (Å²) in [5.74, 6) is 0.684. The van der Waals surface area contributed by atoms with Crippen LogP contribution >= 0.6 is 0 Å². The zero-order valence-corrected chi connectivity index (χ0v) is 9.22. The summed E-state index contributed by atoms with van der Waals surface area (Å²) in [4.78, 5) is 10.3. The van der Waals surface area contributed by atoms with Crippen LogP contribution in [0.5, 0.6) is 0 Å². The molecule has 0 radical (unpaired) electrons. The first-order chi connectivity index (χ1) is 7.78. The van der Waals surface area contributed by atoms with E-state index >= 15 is 0 Å². The third-order valence-corrected chi connectivity index (χ3v) is 2.54. The fourth-order valence-electron chi connectivity index (χ4n) is 1.52. The molecule has 0 saturated carbocycles. The minimum atomic E-state index is 0.337. The molecule has 84 valence electrons. The third kappa shape index (κ3) is 2.66. The Morgan fingerprint density at radius 1 is 1.25 bits per heavy atom. The Morgan fingerprint density at radius 2 is 2.00 bits per heavy atom. The van der Waals surface area contributed by atoms with Crippen molar-refractivity contribution in [3.8, 4) is 6.07 Å². The predicted octanol–water partition coefficient (Wildman–Crippen LogP) is -0.0774. The molecule has 6 nitrogen and oxygen atoms in total. The lowest BCUT2D eigenvalue weighted by Crippen LogP contribution is -2.47. The van der Waals surface area contributed by atoms with Crippen molar-refractivity contribution in [2.45, 2.75) is 0 Å². The molecule has 16 heavy (non-hydrogen) atoms. The van der Waals surface area contributed by atoms with Gasteiger partial charge in [-0.15, -0.1) is 0 Å². The maximum atomic E-state index is 8.59. The first-order valence-corrected chi connectivity index (χ1v) is 5.20. The van der Waals surface area contributed by atoms with Crippen LogP contribution in [0.15, 0.2) is 12.4 Å². The second-order valence-electron chi connectivity index (χ2n) is 3.80. The molecule has 2 heterocycles. The Balaban J connectivity index is 1.91. The van der Waals surface area contributed by atoms with Crippen molar-refractivity contribution in [2.75, 3.05) is 38.7 Å². The topological polar surface area (TPSA) is 68.1 Å². The van der Waals surface area contributed by atoms with Gasteiger partial charge in [0.05, 0.1) is 12.4 Å². The quantitative estimate of drug-likeness (QED) is 0.749. The Labute approximate surface area is 94.5 Å². The van der Waals surface area contributed by atoms with Gasteiger partial charge < -0.3 is 10.3 Å². The number of likely N-dealkylation sites (N-methyl/N-ethyl adjacent to an activating group) is 1. The van der Waals surface area contributed by atoms with E-state index in [-0.39, 0.29) is 0 Å². The van der Waals surface area contributed by atoms with Crippen LogP contribution < -0.4 is 5.43 Å². The summed E-state index contributed by atoms with van der Waals surface area (Å²) in [5, 5.41) is 10.7. The van der Waals surface area contributed by atoms with Gasteiger partial charge in [-0.2, -0.15) is 5.26 Å². The maximum Gasteiger partial charge on any atom is 0.159 e. The fourth-order valence-corrected chi connectivity index (χ4v) is 1.52. The van der Waals surface area contributed by atoms with Gasteiger partial charge >= 0.3 is 0 Å². The number of rotatable bonds is 2. The molecule has 6 heteroatoms. The average molecular weight is 218 g/mol. The van der Waals surface area contributed by atoms with Crippen LogP contribution in [0.2, 0.25) is 0 Å². The highest BCUT2D eigenvalue weighted by molar-refractivity contribution is 5.32. The smallest absolute Gasteiger partial charge is 0.159 e. The van der Waals surface area contributed by atoms with Crippen LogP contribution in [0.3, 0.4) is 0 Å². The van der Waals surface area contributed by atoms with Crippen molar-refractivity contribution in [1.82, 2.24) is 19.9 Å². The zero-order valence-electron chi connectivity index (χ0n) is 9.22. The molecular formula is C10H14N6. The Hall–Kier alpha value is -1.71. The average Bonchev–Trinajstić information content (AvgIpc) is 2.33. The SMILES string of the molecule is CN1CCN(Nc2cnc(C#N)cn2)CC1. The molecule has 1 aliphatic heterocycles. The van der Waals surface area contributed by atoms with Crippen LogP contribution in [0.4, 0.5) is 5.82 Å². The van der Waals surface area contributed by atoms with Crippen molar-refractivity contribution in [2.24, 2.45) is 0 Å². The molecule has 1 aromatic heterocycles. The second-order valence-corrected chi connectivity index (χ2v) is 3.80. The second kappa shape index (κ2) is 4.88. The van der Waals surface area contributed by atoms with Crippen LogP contribution in [-0.2, 0) is 0 Å². The van der Waals surface area contributed by atoms with Gasteiger partial charge in [0.15, 0.2) is 11.5 Å². The molecule has 0 amide bonds. The van der Waals surface area contributed by atoms with Crippen LogP contribution in [0.25, 0.3) is 0 Å². The van der Waals surface area contributed by atoms with Gasteiger partial charge in [0.2, 0.25) is 0 Å². The van der Waals surface area contributed by atoms with Crippen molar-refractivity contribution >= 4 is 5.82 Å². The molecule has 1 aromatic rings. The lowest BCUT2D eigenvalue weighted by Gasteiger charge is -2.32. The lowest BCUT2D eigenvalue weighted by molar-refractivity contribution is 0.178. The van der Waals surface area contributed by atoms with Crippen molar-refractivity contribution < 1.29 is 0 Å². The summed E-state index contributed by atoms with van der Waals surface area (Å²) in [5.41, 5.74) is 3.51. The minimum Gasteiger partial charge on any atom is -0.304 e. The maximum absolute atomic E-state index is 8.59. The van der Waals surface area contributed by atoms with Crippen molar-refractivity contribution in [3.05, 3.63) is 18.1 Å². The monoisotopic (exact) mass is 218 g/mol. The first kappa shape index (κ1) is 10.8. The number of hydrogen-bond acceptors (Lipinski definition) is 6. The number of nitrogens with zero attached hydrogens (tertiary/aromatic N) is 5. The van der Waals surface area contributed by atoms with E-state index in [2.05, 4.69) is 32.4 Å². The number of aromatic nitrogens is 2. The molecule has 2 rings (SSSR count). The molecule has 0 aliphatic carbocycles. The molecule has 0 atom stereocenters. The van der Waals surface area contributed by atoms with Crippen LogP contribution in [-0.4, -0.2) is 53.1 Å².